The van der Waals surface area contributed by atoms with Gasteiger partial charge in [-0.3, -0.25) is 0 Å². The Morgan fingerprint density at radius 1 is 1.00 bits per heavy atom. The van der Waals surface area contributed by atoms with E-state index in [-0.39, 0.29) is 6.10 Å². The number of hydrogen-bond acceptors (Lipinski definition) is 6. The summed E-state index contributed by atoms with van der Waals surface area (Å²) < 4.78 is 12.7. The number of aromatic nitrogens is 2. The van der Waals surface area contributed by atoms with E-state index in [1.165, 1.54) is 5.56 Å². The van der Waals surface area contributed by atoms with E-state index in [4.69, 9.17) is 9.47 Å². The highest BCUT2D eigenvalue weighted by molar-refractivity contribution is 8.00. The molecule has 2 aromatic carbocycles. The third-order valence-electron chi connectivity index (χ3n) is 3.41. The van der Waals surface area contributed by atoms with E-state index in [0.29, 0.717) is 6.61 Å². The molecule has 0 fully saturated rings. The van der Waals surface area contributed by atoms with E-state index in [0.717, 1.165) is 26.6 Å². The van der Waals surface area contributed by atoms with Crippen LogP contribution in [-0.2, 0) is 5.75 Å². The zero-order valence-corrected chi connectivity index (χ0v) is 13.8. The Balaban J connectivity index is 1.42. The Morgan fingerprint density at radius 2 is 1.78 bits per heavy atom. The van der Waals surface area contributed by atoms with Crippen molar-refractivity contribution in [2.24, 2.45) is 0 Å². The maximum atomic E-state index is 5.97. The average molecular weight is 342 g/mol. The molecule has 116 valence electrons. The minimum atomic E-state index is -0.187. The fraction of sp³-hybridized carbons (Fsp3) is 0.176. The Hall–Kier alpha value is -2.05. The molecule has 6 heteroatoms. The van der Waals surface area contributed by atoms with Gasteiger partial charge in [0.1, 0.15) is 6.61 Å². The van der Waals surface area contributed by atoms with E-state index >= 15 is 0 Å². The zero-order valence-electron chi connectivity index (χ0n) is 12.2. The summed E-state index contributed by atoms with van der Waals surface area (Å²) in [6.45, 7) is 0.467. The van der Waals surface area contributed by atoms with Gasteiger partial charge in [-0.2, -0.15) is 0 Å². The molecule has 0 saturated carbocycles. The molecular formula is C17H14N2O2S2. The van der Waals surface area contributed by atoms with Crippen molar-refractivity contribution in [3.05, 3.63) is 65.2 Å². The number of benzene rings is 2. The van der Waals surface area contributed by atoms with Crippen molar-refractivity contribution in [2.45, 2.75) is 16.2 Å². The second kappa shape index (κ2) is 6.60. The van der Waals surface area contributed by atoms with Crippen molar-refractivity contribution in [1.82, 2.24) is 10.2 Å². The maximum Gasteiger partial charge on any atom is 0.186 e. The molecular weight excluding hydrogens is 328 g/mol. The Bertz CT molecular complexity index is 792. The first kappa shape index (κ1) is 14.5. The molecule has 0 spiro atoms. The Morgan fingerprint density at radius 3 is 2.65 bits per heavy atom. The van der Waals surface area contributed by atoms with Crippen LogP contribution in [0.5, 0.6) is 11.5 Å². The van der Waals surface area contributed by atoms with Gasteiger partial charge in [0.25, 0.3) is 0 Å². The van der Waals surface area contributed by atoms with Crippen LogP contribution in [0.1, 0.15) is 16.7 Å². The number of thioether (sulfide) groups is 1. The molecule has 0 unspecified atom stereocenters. The van der Waals surface area contributed by atoms with Gasteiger partial charge in [-0.25, -0.2) is 0 Å². The van der Waals surface area contributed by atoms with Crippen LogP contribution >= 0.6 is 23.1 Å². The maximum absolute atomic E-state index is 5.97. The third kappa shape index (κ3) is 3.33. The second-order valence-corrected chi connectivity index (χ2v) is 7.28. The number of rotatable bonds is 4. The third-order valence-corrected chi connectivity index (χ3v) is 5.63. The first-order chi connectivity index (χ1) is 11.4. The molecule has 1 atom stereocenters. The largest absolute Gasteiger partial charge is 0.485 e. The van der Waals surface area contributed by atoms with Crippen LogP contribution in [0, 0.1) is 0 Å². The van der Waals surface area contributed by atoms with Gasteiger partial charge < -0.3 is 9.47 Å². The number of nitrogens with zero attached hydrogens (tertiary/aromatic N) is 2. The molecule has 23 heavy (non-hydrogen) atoms. The van der Waals surface area contributed by atoms with Crippen molar-refractivity contribution >= 4 is 23.1 Å². The molecule has 0 radical (unpaired) electrons. The SMILES string of the molecule is c1ccc(CSc2nnc([C@@H]3COc4ccccc4O3)s2)cc1. The molecule has 0 bridgehead atoms. The summed E-state index contributed by atoms with van der Waals surface area (Å²) in [5.41, 5.74) is 1.28. The molecule has 1 aliphatic rings. The van der Waals surface area contributed by atoms with Crippen LogP contribution in [0.2, 0.25) is 0 Å². The smallest absolute Gasteiger partial charge is 0.186 e. The fourth-order valence-electron chi connectivity index (χ4n) is 2.27. The highest BCUT2D eigenvalue weighted by Crippen LogP contribution is 2.37. The monoisotopic (exact) mass is 342 g/mol. The summed E-state index contributed by atoms with van der Waals surface area (Å²) in [6, 6.07) is 18.0. The quantitative estimate of drug-likeness (QED) is 0.660. The summed E-state index contributed by atoms with van der Waals surface area (Å²) in [5, 5.41) is 9.38. The van der Waals surface area contributed by atoms with Crippen LogP contribution in [-0.4, -0.2) is 16.8 Å². The molecule has 4 rings (SSSR count). The second-order valence-electron chi connectivity index (χ2n) is 5.04. The van der Waals surface area contributed by atoms with Gasteiger partial charge in [-0.15, -0.1) is 10.2 Å². The van der Waals surface area contributed by atoms with Gasteiger partial charge in [0, 0.05) is 5.75 Å². The number of fused-ring (bicyclic) bond motifs is 1. The molecule has 0 amide bonds. The molecule has 0 saturated heterocycles. The van der Waals surface area contributed by atoms with Gasteiger partial charge in [0.2, 0.25) is 0 Å². The lowest BCUT2D eigenvalue weighted by molar-refractivity contribution is 0.0906. The summed E-state index contributed by atoms with van der Waals surface area (Å²) in [4.78, 5) is 0. The Kier molecular flexibility index (Phi) is 4.17. The van der Waals surface area contributed by atoms with Crippen LogP contribution in [0.3, 0.4) is 0 Å². The summed E-state index contributed by atoms with van der Waals surface area (Å²) in [7, 11) is 0. The summed E-state index contributed by atoms with van der Waals surface area (Å²) in [5.74, 6) is 2.43. The number of hydrogen-bond donors (Lipinski definition) is 0. The molecule has 0 aliphatic carbocycles. The van der Waals surface area contributed by atoms with E-state index < -0.39 is 0 Å². The van der Waals surface area contributed by atoms with Crippen LogP contribution < -0.4 is 9.47 Å². The normalized spacial score (nSPS) is 16.3. The highest BCUT2D eigenvalue weighted by Gasteiger charge is 2.25. The predicted molar refractivity (Wildman–Crippen MR) is 91.2 cm³/mol. The van der Waals surface area contributed by atoms with Crippen LogP contribution in [0.25, 0.3) is 0 Å². The number of ether oxygens (including phenoxy) is 2. The van der Waals surface area contributed by atoms with E-state index in [1.807, 2.05) is 42.5 Å². The van der Waals surface area contributed by atoms with Crippen molar-refractivity contribution in [3.8, 4) is 11.5 Å². The molecule has 4 nitrogen and oxygen atoms in total. The van der Waals surface area contributed by atoms with Crippen molar-refractivity contribution in [3.63, 3.8) is 0 Å². The van der Waals surface area contributed by atoms with Gasteiger partial charge in [0.15, 0.2) is 27.0 Å². The minimum absolute atomic E-state index is 0.187. The highest BCUT2D eigenvalue weighted by atomic mass is 32.2. The van der Waals surface area contributed by atoms with Gasteiger partial charge >= 0.3 is 0 Å². The molecule has 2 heterocycles. The first-order valence-corrected chi connectivity index (χ1v) is 9.07. The zero-order chi connectivity index (χ0) is 15.5. The van der Waals surface area contributed by atoms with Gasteiger partial charge in [0.05, 0.1) is 0 Å². The van der Waals surface area contributed by atoms with Gasteiger partial charge in [-0.05, 0) is 17.7 Å². The lowest BCUT2D eigenvalue weighted by atomic mass is 10.2. The lowest BCUT2D eigenvalue weighted by Gasteiger charge is -2.24. The molecule has 0 N–H and O–H groups in total. The first-order valence-electron chi connectivity index (χ1n) is 7.27. The lowest BCUT2D eigenvalue weighted by Crippen LogP contribution is -2.21. The summed E-state index contributed by atoms with van der Waals surface area (Å²) in [6.07, 6.45) is -0.187. The van der Waals surface area contributed by atoms with Crippen LogP contribution in [0.4, 0.5) is 0 Å². The van der Waals surface area contributed by atoms with Crippen molar-refractivity contribution in [1.29, 1.82) is 0 Å². The van der Waals surface area contributed by atoms with E-state index in [9.17, 15) is 0 Å². The van der Waals surface area contributed by atoms with Gasteiger partial charge in [-0.1, -0.05) is 65.6 Å². The van der Waals surface area contributed by atoms with Crippen LogP contribution in [0.15, 0.2) is 58.9 Å². The summed E-state index contributed by atoms with van der Waals surface area (Å²) >= 11 is 3.26. The molecule has 3 aromatic rings. The van der Waals surface area contributed by atoms with Crippen molar-refractivity contribution in [2.75, 3.05) is 6.61 Å². The predicted octanol–water partition coefficient (Wildman–Crippen LogP) is 4.34. The fourth-order valence-corrected chi connectivity index (χ4v) is 4.11. The number of para-hydroxylation sites is 2. The minimum Gasteiger partial charge on any atom is -0.485 e. The molecule has 1 aromatic heterocycles. The Labute approximate surface area is 142 Å². The average Bonchev–Trinajstić information content (AvgIpc) is 3.09. The molecule has 1 aliphatic heterocycles. The van der Waals surface area contributed by atoms with Crippen molar-refractivity contribution < 1.29 is 9.47 Å². The topological polar surface area (TPSA) is 44.2 Å². The van der Waals surface area contributed by atoms with E-state index in [1.54, 1.807) is 23.1 Å². The van der Waals surface area contributed by atoms with E-state index in [2.05, 4.69) is 22.3 Å². The standard InChI is InChI=1S/C17H14N2O2S2/c1-2-6-12(7-3-1)11-22-17-19-18-16(23-17)15-10-20-13-8-4-5-9-14(13)21-15/h1-9,15H,10-11H2/t15-/m0/s1.